The second-order valence-corrected chi connectivity index (χ2v) is 4.43. The zero-order chi connectivity index (χ0) is 9.10. The van der Waals surface area contributed by atoms with E-state index in [9.17, 15) is 4.79 Å². The molecule has 0 atom stereocenters. The Morgan fingerprint density at radius 2 is 2.38 bits per heavy atom. The molecule has 1 aromatic heterocycles. The lowest BCUT2D eigenvalue weighted by molar-refractivity contribution is 0.112. The topological polar surface area (TPSA) is 26.3 Å². The molecule has 2 nitrogen and oxygen atoms in total. The largest absolute Gasteiger partial charge is 0.484 e. The van der Waals surface area contributed by atoms with Crippen LogP contribution in [0, 0.1) is 5.92 Å². The fourth-order valence-corrected chi connectivity index (χ4v) is 1.90. The second kappa shape index (κ2) is 3.92. The fourth-order valence-electron chi connectivity index (χ4n) is 1.21. The van der Waals surface area contributed by atoms with E-state index in [1.165, 1.54) is 24.2 Å². The van der Waals surface area contributed by atoms with Gasteiger partial charge in [-0.2, -0.15) is 0 Å². The quantitative estimate of drug-likeness (QED) is 0.677. The summed E-state index contributed by atoms with van der Waals surface area (Å²) in [6.07, 6.45) is 4.76. The summed E-state index contributed by atoms with van der Waals surface area (Å²) in [6.45, 7) is 0.795. The van der Waals surface area contributed by atoms with Crippen LogP contribution in [0.4, 0.5) is 0 Å². The Kier molecular flexibility index (Phi) is 2.64. The van der Waals surface area contributed by atoms with Gasteiger partial charge in [-0.15, -0.1) is 0 Å². The molecule has 0 unspecified atom stereocenters. The van der Waals surface area contributed by atoms with Gasteiger partial charge in [-0.05, 0) is 24.5 Å². The van der Waals surface area contributed by atoms with Gasteiger partial charge < -0.3 is 4.74 Å². The van der Waals surface area contributed by atoms with E-state index in [-0.39, 0.29) is 0 Å². The van der Waals surface area contributed by atoms with Crippen LogP contribution in [0.1, 0.15) is 28.9 Å². The molecule has 1 fully saturated rings. The number of carbonyl (C=O) groups is 1. The number of carbonyl (C=O) groups excluding carboxylic acids is 1. The molecule has 0 radical (unpaired) electrons. The van der Waals surface area contributed by atoms with Gasteiger partial charge in [0.2, 0.25) is 0 Å². The predicted octanol–water partition coefficient (Wildman–Crippen LogP) is 2.74. The molecule has 1 saturated carbocycles. The van der Waals surface area contributed by atoms with Crippen molar-refractivity contribution in [1.29, 1.82) is 0 Å². The van der Waals surface area contributed by atoms with Crippen LogP contribution in [0.15, 0.2) is 12.1 Å². The molecule has 1 aromatic rings. The summed E-state index contributed by atoms with van der Waals surface area (Å²) in [5.41, 5.74) is 0. The van der Waals surface area contributed by atoms with Gasteiger partial charge in [-0.25, -0.2) is 0 Å². The first-order valence-electron chi connectivity index (χ1n) is 4.56. The SMILES string of the molecule is O=Cc1ccc(OCCC2CC2)s1. The van der Waals surface area contributed by atoms with Crippen molar-refractivity contribution in [3.8, 4) is 5.06 Å². The number of rotatable bonds is 5. The lowest BCUT2D eigenvalue weighted by Crippen LogP contribution is -1.95. The molecular weight excluding hydrogens is 184 g/mol. The smallest absolute Gasteiger partial charge is 0.174 e. The summed E-state index contributed by atoms with van der Waals surface area (Å²) >= 11 is 1.41. The zero-order valence-electron chi connectivity index (χ0n) is 7.36. The summed E-state index contributed by atoms with van der Waals surface area (Å²) in [5.74, 6) is 0.908. The Morgan fingerprint density at radius 3 is 3.00 bits per heavy atom. The van der Waals surface area contributed by atoms with E-state index in [0.29, 0.717) is 0 Å². The Hall–Kier alpha value is -0.830. The van der Waals surface area contributed by atoms with E-state index in [0.717, 1.165) is 35.2 Å². The molecule has 2 rings (SSSR count). The van der Waals surface area contributed by atoms with Crippen LogP contribution in [0.2, 0.25) is 0 Å². The summed E-state index contributed by atoms with van der Waals surface area (Å²) in [4.78, 5) is 11.1. The van der Waals surface area contributed by atoms with Gasteiger partial charge in [0.15, 0.2) is 11.3 Å². The normalized spacial score (nSPS) is 15.7. The van der Waals surface area contributed by atoms with Crippen molar-refractivity contribution in [2.45, 2.75) is 19.3 Å². The summed E-state index contributed by atoms with van der Waals surface area (Å²) in [6, 6.07) is 3.66. The number of ether oxygens (including phenoxy) is 1. The molecular formula is C10H12O2S. The van der Waals surface area contributed by atoms with E-state index in [4.69, 9.17) is 4.74 Å². The number of hydrogen-bond donors (Lipinski definition) is 0. The minimum absolute atomic E-state index is 0.737. The highest BCUT2D eigenvalue weighted by atomic mass is 32.1. The van der Waals surface area contributed by atoms with Crippen LogP contribution in [0.5, 0.6) is 5.06 Å². The maximum Gasteiger partial charge on any atom is 0.174 e. The lowest BCUT2D eigenvalue weighted by atomic mass is 10.3. The van der Waals surface area contributed by atoms with Crippen molar-refractivity contribution in [2.75, 3.05) is 6.61 Å². The van der Waals surface area contributed by atoms with E-state index < -0.39 is 0 Å². The Balaban J connectivity index is 1.75. The third kappa shape index (κ3) is 2.56. The van der Waals surface area contributed by atoms with Gasteiger partial charge >= 0.3 is 0 Å². The van der Waals surface area contributed by atoms with Crippen molar-refractivity contribution in [3.05, 3.63) is 17.0 Å². The van der Waals surface area contributed by atoms with E-state index in [1.807, 2.05) is 6.07 Å². The van der Waals surface area contributed by atoms with Crippen LogP contribution >= 0.6 is 11.3 Å². The Labute approximate surface area is 81.5 Å². The molecule has 0 saturated heterocycles. The zero-order valence-corrected chi connectivity index (χ0v) is 8.18. The number of thiophene rings is 1. The third-order valence-corrected chi connectivity index (χ3v) is 3.11. The summed E-state index contributed by atoms with van der Waals surface area (Å²) in [5, 5.41) is 0.864. The molecule has 0 bridgehead atoms. The standard InChI is InChI=1S/C10H12O2S/c11-7-9-3-4-10(13-9)12-6-5-8-1-2-8/h3-4,7-8H,1-2,5-6H2. The fraction of sp³-hybridized carbons (Fsp3) is 0.500. The Bertz CT molecular complexity index is 289. The molecule has 13 heavy (non-hydrogen) atoms. The van der Waals surface area contributed by atoms with Crippen molar-refractivity contribution >= 4 is 17.6 Å². The lowest BCUT2D eigenvalue weighted by Gasteiger charge is -2.00. The van der Waals surface area contributed by atoms with Crippen LogP contribution in [-0.2, 0) is 0 Å². The van der Waals surface area contributed by atoms with Crippen molar-refractivity contribution in [1.82, 2.24) is 0 Å². The van der Waals surface area contributed by atoms with Gasteiger partial charge in [0.1, 0.15) is 0 Å². The molecule has 1 heterocycles. The second-order valence-electron chi connectivity index (χ2n) is 3.36. The molecule has 0 aromatic carbocycles. The molecule has 70 valence electrons. The average Bonchev–Trinajstić information content (AvgIpc) is 2.84. The first-order chi connectivity index (χ1) is 6.38. The maximum absolute atomic E-state index is 10.4. The Morgan fingerprint density at radius 1 is 1.54 bits per heavy atom. The average molecular weight is 196 g/mol. The minimum Gasteiger partial charge on any atom is -0.484 e. The van der Waals surface area contributed by atoms with E-state index in [1.54, 1.807) is 6.07 Å². The third-order valence-electron chi connectivity index (χ3n) is 2.19. The highest BCUT2D eigenvalue weighted by molar-refractivity contribution is 7.15. The molecule has 1 aliphatic carbocycles. The molecule has 0 spiro atoms. The van der Waals surface area contributed by atoms with Gasteiger partial charge in [-0.3, -0.25) is 4.79 Å². The molecule has 3 heteroatoms. The summed E-state index contributed by atoms with van der Waals surface area (Å²) < 4.78 is 5.50. The van der Waals surface area contributed by atoms with Crippen LogP contribution < -0.4 is 4.74 Å². The van der Waals surface area contributed by atoms with Crippen molar-refractivity contribution in [2.24, 2.45) is 5.92 Å². The molecule has 1 aliphatic rings. The monoisotopic (exact) mass is 196 g/mol. The first-order valence-corrected chi connectivity index (χ1v) is 5.38. The van der Waals surface area contributed by atoms with Gasteiger partial charge in [0.25, 0.3) is 0 Å². The summed E-state index contributed by atoms with van der Waals surface area (Å²) in [7, 11) is 0. The van der Waals surface area contributed by atoms with Crippen LogP contribution in [0.3, 0.4) is 0 Å². The van der Waals surface area contributed by atoms with Crippen molar-refractivity contribution in [3.63, 3.8) is 0 Å². The first kappa shape index (κ1) is 8.75. The number of hydrogen-bond acceptors (Lipinski definition) is 3. The van der Waals surface area contributed by atoms with E-state index >= 15 is 0 Å². The van der Waals surface area contributed by atoms with Crippen LogP contribution in [0.25, 0.3) is 0 Å². The highest BCUT2D eigenvalue weighted by Gasteiger charge is 2.20. The number of aldehydes is 1. The predicted molar refractivity (Wildman–Crippen MR) is 52.5 cm³/mol. The minimum atomic E-state index is 0.737. The molecule has 0 N–H and O–H groups in total. The van der Waals surface area contributed by atoms with Gasteiger partial charge in [0, 0.05) is 0 Å². The maximum atomic E-state index is 10.4. The van der Waals surface area contributed by atoms with Crippen LogP contribution in [-0.4, -0.2) is 12.9 Å². The van der Waals surface area contributed by atoms with E-state index in [2.05, 4.69) is 0 Å². The van der Waals surface area contributed by atoms with Gasteiger partial charge in [0.05, 0.1) is 11.5 Å². The highest BCUT2D eigenvalue weighted by Crippen LogP contribution is 2.32. The molecule has 0 amide bonds. The van der Waals surface area contributed by atoms with Gasteiger partial charge in [-0.1, -0.05) is 24.2 Å². The van der Waals surface area contributed by atoms with Crippen molar-refractivity contribution < 1.29 is 9.53 Å². The molecule has 0 aliphatic heterocycles.